The molecule has 0 heterocycles. The van der Waals surface area contributed by atoms with Crippen molar-refractivity contribution in [1.82, 2.24) is 10.0 Å². The molecular weight excluding hydrogens is 705 g/mol. The molecule has 0 bridgehead atoms. The van der Waals surface area contributed by atoms with Crippen molar-refractivity contribution in [2.75, 3.05) is 5.32 Å². The summed E-state index contributed by atoms with van der Waals surface area (Å²) in [5, 5.41) is 15.5. The molecule has 0 saturated heterocycles. The van der Waals surface area contributed by atoms with E-state index in [9.17, 15) is 32.7 Å². The Hall–Kier alpha value is -4.50. The first-order valence-electron chi connectivity index (χ1n) is 17.4. The zero-order chi connectivity index (χ0) is 40.6. The normalized spacial score (nSPS) is 13.8. The van der Waals surface area contributed by atoms with E-state index in [-0.39, 0.29) is 34.8 Å². The van der Waals surface area contributed by atoms with Gasteiger partial charge in [-0.05, 0) is 107 Å². The summed E-state index contributed by atoms with van der Waals surface area (Å²) in [5.41, 5.74) is 1.52. The summed E-state index contributed by atoms with van der Waals surface area (Å²) < 4.78 is 46.0. The number of rotatable bonds is 13. The number of carboxylic acids is 1. The molecule has 1 unspecified atom stereocenters. The first-order valence-corrected chi connectivity index (χ1v) is 18.9. The molecule has 4 N–H and O–H groups in total. The van der Waals surface area contributed by atoms with Crippen LogP contribution in [0.5, 0.6) is 0 Å². The lowest BCUT2D eigenvalue weighted by Crippen LogP contribution is -2.42. The van der Waals surface area contributed by atoms with Crippen LogP contribution in [0.2, 0.25) is 0 Å². The standard InChI is InChI=1S/C38H55N4O10S/c1-21(2)26-16-17-30(32(23(5)6)31(26)22(3)4)53(48,49)42-29(33(44)45)19-25-14-15-27(24(7)50-20-43)28(18-25)39-34(40-35(46)51-37(8,9)10)41-36(47)52-38(11,12)13/h14-18,21-24,29,42H,19H2,1-13H3,(H,44,45)(H2,39,40,41,46,47)/t24?,29-/m0/s1. The highest BCUT2D eigenvalue weighted by Gasteiger charge is 2.31. The molecule has 0 aliphatic carbocycles. The van der Waals surface area contributed by atoms with Crippen molar-refractivity contribution in [2.45, 2.75) is 142 Å². The second kappa shape index (κ2) is 18.0. The van der Waals surface area contributed by atoms with Crippen LogP contribution >= 0.6 is 0 Å². The number of benzene rings is 2. The molecule has 0 aromatic heterocycles. The smallest absolute Gasteiger partial charge is 0.437 e. The Bertz CT molecular complexity index is 1790. The van der Waals surface area contributed by atoms with E-state index in [1.807, 2.05) is 41.5 Å². The molecule has 2 aromatic rings. The van der Waals surface area contributed by atoms with Gasteiger partial charge in [0.15, 0.2) is 0 Å². The molecule has 1 radical (unpaired) electrons. The van der Waals surface area contributed by atoms with Crippen LogP contribution in [0, 0.1) is 0 Å². The molecule has 15 heteroatoms. The van der Waals surface area contributed by atoms with E-state index in [1.165, 1.54) is 37.7 Å². The van der Waals surface area contributed by atoms with Gasteiger partial charge < -0.3 is 24.6 Å². The van der Waals surface area contributed by atoms with Crippen LogP contribution in [0.1, 0.15) is 142 Å². The van der Waals surface area contributed by atoms with E-state index in [0.717, 1.165) is 11.1 Å². The lowest BCUT2D eigenvalue weighted by molar-refractivity contribution is -0.138. The molecule has 0 aliphatic heterocycles. The predicted octanol–water partition coefficient (Wildman–Crippen LogP) is 7.40. The number of sulfonamides is 1. The fraction of sp³-hybridized carbons (Fsp3) is 0.553. The van der Waals surface area contributed by atoms with Gasteiger partial charge in [0, 0.05) is 11.3 Å². The summed E-state index contributed by atoms with van der Waals surface area (Å²) in [4.78, 5) is 53.1. The molecule has 2 atom stereocenters. The van der Waals surface area contributed by atoms with Gasteiger partial charge in [-0.1, -0.05) is 59.7 Å². The maximum absolute atomic E-state index is 14.0. The van der Waals surface area contributed by atoms with Gasteiger partial charge in [0.1, 0.15) is 23.3 Å². The number of aliphatic imine (C=N–C) groups is 1. The van der Waals surface area contributed by atoms with E-state index in [1.54, 1.807) is 47.6 Å². The first-order chi connectivity index (χ1) is 24.3. The van der Waals surface area contributed by atoms with Gasteiger partial charge in [0.2, 0.25) is 16.0 Å². The van der Waals surface area contributed by atoms with Crippen LogP contribution < -0.4 is 15.4 Å². The van der Waals surface area contributed by atoms with Gasteiger partial charge in [0.25, 0.3) is 0 Å². The van der Waals surface area contributed by atoms with Crippen LogP contribution in [0.25, 0.3) is 0 Å². The number of hydrogen-bond donors (Lipinski definition) is 4. The summed E-state index contributed by atoms with van der Waals surface area (Å²) in [6.45, 7) is 24.6. The summed E-state index contributed by atoms with van der Waals surface area (Å²) in [6, 6.07) is 6.21. The molecular formula is C38H55N4O10S. The minimum atomic E-state index is -4.36. The fourth-order valence-corrected chi connectivity index (χ4v) is 7.16. The van der Waals surface area contributed by atoms with E-state index in [4.69, 9.17) is 14.2 Å². The molecule has 0 spiro atoms. The van der Waals surface area contributed by atoms with Crippen LogP contribution in [-0.4, -0.2) is 61.4 Å². The Kier molecular flexibility index (Phi) is 15.2. The highest BCUT2D eigenvalue weighted by Crippen LogP contribution is 2.37. The number of carbonyl (C=O) groups is 3. The van der Waals surface area contributed by atoms with Gasteiger partial charge in [-0.25, -0.2) is 22.8 Å². The van der Waals surface area contributed by atoms with Gasteiger partial charge in [-0.15, -0.1) is 4.99 Å². The van der Waals surface area contributed by atoms with Crippen molar-refractivity contribution in [2.24, 2.45) is 4.99 Å². The van der Waals surface area contributed by atoms with Gasteiger partial charge in [-0.2, -0.15) is 4.72 Å². The molecule has 14 nitrogen and oxygen atoms in total. The van der Waals surface area contributed by atoms with E-state index in [0.29, 0.717) is 16.7 Å². The topological polar surface area (TPSA) is 199 Å². The van der Waals surface area contributed by atoms with Crippen LogP contribution in [0.4, 0.5) is 15.3 Å². The third-order valence-corrected chi connectivity index (χ3v) is 9.16. The predicted molar refractivity (Wildman–Crippen MR) is 202 cm³/mol. The van der Waals surface area contributed by atoms with E-state index < -0.39 is 57.5 Å². The number of hydrogen-bond acceptors (Lipinski definition) is 9. The molecule has 53 heavy (non-hydrogen) atoms. The zero-order valence-corrected chi connectivity index (χ0v) is 33.8. The Morgan fingerprint density at radius 3 is 1.89 bits per heavy atom. The Labute approximate surface area is 313 Å². The third-order valence-electron chi connectivity index (χ3n) is 7.63. The van der Waals surface area contributed by atoms with E-state index >= 15 is 0 Å². The molecule has 2 amide bonds. The zero-order valence-electron chi connectivity index (χ0n) is 33.0. The van der Waals surface area contributed by atoms with Crippen molar-refractivity contribution >= 4 is 46.3 Å². The fourth-order valence-electron chi connectivity index (χ4n) is 5.60. The van der Waals surface area contributed by atoms with E-state index in [2.05, 4.69) is 20.3 Å². The van der Waals surface area contributed by atoms with Crippen molar-refractivity contribution in [1.29, 1.82) is 0 Å². The summed E-state index contributed by atoms with van der Waals surface area (Å²) in [6.07, 6.45) is -3.25. The lowest BCUT2D eigenvalue weighted by atomic mass is 9.83. The van der Waals surface area contributed by atoms with Crippen LogP contribution in [0.3, 0.4) is 0 Å². The second-order valence-electron chi connectivity index (χ2n) is 15.6. The highest BCUT2D eigenvalue weighted by molar-refractivity contribution is 7.89. The Balaban J connectivity index is 2.66. The van der Waals surface area contributed by atoms with Crippen LogP contribution in [0.15, 0.2) is 40.2 Å². The van der Waals surface area contributed by atoms with Crippen molar-refractivity contribution in [3.05, 3.63) is 58.1 Å². The number of nitrogens with one attached hydrogen (secondary N) is 3. The molecule has 0 fully saturated rings. The number of alkyl carbamates (subject to hydrolysis) is 1. The molecule has 293 valence electrons. The van der Waals surface area contributed by atoms with Crippen molar-refractivity contribution < 1.29 is 46.9 Å². The number of nitrogens with zero attached hydrogens (tertiary/aromatic N) is 1. The lowest BCUT2D eigenvalue weighted by Gasteiger charge is -2.26. The average Bonchev–Trinajstić information content (AvgIpc) is 2.97. The van der Waals surface area contributed by atoms with Crippen molar-refractivity contribution in [3.63, 3.8) is 0 Å². The van der Waals surface area contributed by atoms with Crippen LogP contribution in [-0.2, 0) is 40.2 Å². The number of anilines is 1. The van der Waals surface area contributed by atoms with Gasteiger partial charge >= 0.3 is 24.6 Å². The third kappa shape index (κ3) is 13.5. The number of aliphatic carboxylic acids is 1. The Morgan fingerprint density at radius 1 is 0.830 bits per heavy atom. The SMILES string of the molecule is CC(C)c1ccc(S(=O)(=O)N[C@@H](Cc2ccc(C(C)O[C]=O)c(NC(=NC(=O)OC(C)(C)C)NC(=O)OC(C)(C)C)c2)C(=O)O)c(C(C)C)c1C(C)C. The summed E-state index contributed by atoms with van der Waals surface area (Å²) >= 11 is 0. The number of carbonyl (C=O) groups excluding carboxylic acids is 3. The summed E-state index contributed by atoms with van der Waals surface area (Å²) in [5.74, 6) is -1.88. The average molecular weight is 760 g/mol. The van der Waals surface area contributed by atoms with Crippen molar-refractivity contribution in [3.8, 4) is 0 Å². The van der Waals surface area contributed by atoms with Gasteiger partial charge in [-0.3, -0.25) is 10.1 Å². The number of guanidine groups is 1. The quantitative estimate of drug-likeness (QED) is 0.0901. The number of carboxylic acid groups (broad SMARTS) is 1. The second-order valence-corrected chi connectivity index (χ2v) is 17.3. The summed E-state index contributed by atoms with van der Waals surface area (Å²) in [7, 11) is -4.36. The maximum Gasteiger partial charge on any atom is 0.437 e. The first kappa shape index (κ1) is 44.7. The monoisotopic (exact) mass is 759 g/mol. The molecule has 0 saturated carbocycles. The number of amides is 2. The minimum absolute atomic E-state index is 0.0106. The minimum Gasteiger partial charge on any atom is -0.480 e. The Morgan fingerprint density at radius 2 is 1.40 bits per heavy atom. The van der Waals surface area contributed by atoms with Gasteiger partial charge in [0.05, 0.1) is 4.90 Å². The molecule has 0 aliphatic rings. The molecule has 2 aromatic carbocycles. The molecule has 2 rings (SSSR count). The maximum atomic E-state index is 14.0. The number of ether oxygens (including phenoxy) is 3. The highest BCUT2D eigenvalue weighted by atomic mass is 32.2. The largest absolute Gasteiger partial charge is 0.480 e.